The molecule has 0 aliphatic heterocycles. The fraction of sp³-hybridized carbons (Fsp3) is 0.0476. The number of nitrogens with one attached hydrogen (secondary N) is 3. The normalized spacial score (nSPS) is 10.6. The monoisotopic (exact) mass is 375 g/mol. The first-order chi connectivity index (χ1) is 13.7. The number of amides is 2. The van der Waals surface area contributed by atoms with Gasteiger partial charge in [0.1, 0.15) is 23.8 Å². The third-order valence-corrected chi connectivity index (χ3v) is 4.12. The highest BCUT2D eigenvalue weighted by molar-refractivity contribution is 5.96. The lowest BCUT2D eigenvalue weighted by atomic mass is 10.1. The number of carbonyl (C=O) groups excluding carboxylic acids is 2. The van der Waals surface area contributed by atoms with Crippen LogP contribution >= 0.6 is 0 Å². The van der Waals surface area contributed by atoms with E-state index in [9.17, 15) is 9.59 Å². The molecule has 4 rings (SSSR count). The molecule has 0 atom stereocenters. The Bertz CT molecular complexity index is 1120. The quantitative estimate of drug-likeness (QED) is 0.466. The Balaban J connectivity index is 1.33. The number of furan rings is 1. The van der Waals surface area contributed by atoms with Crippen molar-refractivity contribution in [1.82, 2.24) is 15.8 Å². The van der Waals surface area contributed by atoms with Gasteiger partial charge < -0.3 is 14.1 Å². The van der Waals surface area contributed by atoms with Crippen LogP contribution in [-0.2, 0) is 6.61 Å². The molecule has 0 saturated heterocycles. The van der Waals surface area contributed by atoms with Crippen molar-refractivity contribution in [2.45, 2.75) is 6.61 Å². The Morgan fingerprint density at radius 1 is 0.893 bits per heavy atom. The lowest BCUT2D eigenvalue weighted by Gasteiger charge is -2.06. The van der Waals surface area contributed by atoms with Crippen molar-refractivity contribution >= 4 is 22.6 Å². The second-order valence-corrected chi connectivity index (χ2v) is 6.06. The van der Waals surface area contributed by atoms with Gasteiger partial charge in [0.15, 0.2) is 5.76 Å². The number of hydrogen-bond donors (Lipinski definition) is 3. The molecule has 2 aromatic carbocycles. The van der Waals surface area contributed by atoms with E-state index >= 15 is 0 Å². The molecule has 2 amide bonds. The lowest BCUT2D eigenvalue weighted by Crippen LogP contribution is -2.41. The zero-order chi connectivity index (χ0) is 19.3. The highest BCUT2D eigenvalue weighted by Gasteiger charge is 2.13. The second-order valence-electron chi connectivity index (χ2n) is 6.06. The van der Waals surface area contributed by atoms with E-state index in [0.29, 0.717) is 17.2 Å². The Morgan fingerprint density at radius 3 is 2.54 bits per heavy atom. The topological polar surface area (TPSA) is 96.4 Å². The van der Waals surface area contributed by atoms with Crippen LogP contribution in [0.1, 0.15) is 26.8 Å². The summed E-state index contributed by atoms with van der Waals surface area (Å²) in [6, 6.07) is 20.3. The lowest BCUT2D eigenvalue weighted by molar-refractivity contribution is 0.0826. The van der Waals surface area contributed by atoms with E-state index < -0.39 is 11.8 Å². The molecule has 0 fully saturated rings. The summed E-state index contributed by atoms with van der Waals surface area (Å²) in [5.74, 6) is 0.263. The molecule has 3 N–H and O–H groups in total. The van der Waals surface area contributed by atoms with Crippen molar-refractivity contribution in [2.24, 2.45) is 0 Å². The fourth-order valence-corrected chi connectivity index (χ4v) is 2.70. The molecule has 0 bridgehead atoms. The Morgan fingerprint density at radius 2 is 1.71 bits per heavy atom. The molecular weight excluding hydrogens is 358 g/mol. The molecule has 0 spiro atoms. The Labute approximate surface area is 160 Å². The van der Waals surface area contributed by atoms with Crippen LogP contribution in [0.4, 0.5) is 0 Å². The van der Waals surface area contributed by atoms with Crippen LogP contribution in [0.15, 0.2) is 77.3 Å². The van der Waals surface area contributed by atoms with E-state index in [1.54, 1.807) is 24.4 Å². The van der Waals surface area contributed by atoms with Crippen LogP contribution in [0.2, 0.25) is 0 Å². The van der Waals surface area contributed by atoms with Gasteiger partial charge in [0, 0.05) is 6.20 Å². The molecule has 2 heterocycles. The summed E-state index contributed by atoms with van der Waals surface area (Å²) >= 11 is 0. The molecule has 2 aromatic heterocycles. The number of hydrogen-bond acceptors (Lipinski definition) is 4. The molecule has 0 radical (unpaired) electrons. The van der Waals surface area contributed by atoms with E-state index in [2.05, 4.69) is 15.8 Å². The van der Waals surface area contributed by atoms with E-state index in [-0.39, 0.29) is 12.4 Å². The van der Waals surface area contributed by atoms with E-state index in [0.717, 1.165) is 10.8 Å². The number of aromatic amines is 1. The minimum Gasteiger partial charge on any atom is -0.486 e. The number of carbonyl (C=O) groups is 2. The molecule has 28 heavy (non-hydrogen) atoms. The number of fused-ring (bicyclic) bond motifs is 1. The first kappa shape index (κ1) is 17.4. The largest absolute Gasteiger partial charge is 0.486 e. The van der Waals surface area contributed by atoms with Gasteiger partial charge in [-0.15, -0.1) is 0 Å². The zero-order valence-electron chi connectivity index (χ0n) is 14.8. The number of ether oxygens (including phenoxy) is 1. The SMILES string of the molecule is O=C(NNC(=O)c1ccc(COc2ccc3ccccc3c2)o1)c1ccc[nH]1. The van der Waals surface area contributed by atoms with Gasteiger partial charge in [-0.1, -0.05) is 30.3 Å². The predicted molar refractivity (Wildman–Crippen MR) is 103 cm³/mol. The van der Waals surface area contributed by atoms with Gasteiger partial charge in [0.05, 0.1) is 0 Å². The molecule has 4 aromatic rings. The summed E-state index contributed by atoms with van der Waals surface area (Å²) in [4.78, 5) is 26.6. The highest BCUT2D eigenvalue weighted by Crippen LogP contribution is 2.21. The summed E-state index contributed by atoms with van der Waals surface area (Å²) in [5, 5.41) is 2.21. The molecule has 0 saturated carbocycles. The highest BCUT2D eigenvalue weighted by atomic mass is 16.5. The van der Waals surface area contributed by atoms with E-state index in [1.807, 2.05) is 42.5 Å². The summed E-state index contributed by atoms with van der Waals surface area (Å²) in [7, 11) is 0. The minimum atomic E-state index is -0.558. The first-order valence-electron chi connectivity index (χ1n) is 8.63. The number of aromatic nitrogens is 1. The third kappa shape index (κ3) is 3.88. The van der Waals surface area contributed by atoms with Gasteiger partial charge in [-0.3, -0.25) is 20.4 Å². The van der Waals surface area contributed by atoms with Crippen LogP contribution in [-0.4, -0.2) is 16.8 Å². The van der Waals surface area contributed by atoms with Gasteiger partial charge in [-0.05, 0) is 47.2 Å². The molecule has 0 unspecified atom stereocenters. The predicted octanol–water partition coefficient (Wildman–Crippen LogP) is 3.41. The molecule has 140 valence electrons. The Hall–Kier alpha value is -4.00. The number of H-pyrrole nitrogens is 1. The number of hydrazine groups is 1. The summed E-state index contributed by atoms with van der Waals surface area (Å²) in [6.45, 7) is 0.181. The molecule has 7 heteroatoms. The van der Waals surface area contributed by atoms with Gasteiger partial charge in [0.2, 0.25) is 0 Å². The molecule has 0 aliphatic carbocycles. The van der Waals surface area contributed by atoms with Crippen LogP contribution in [0.5, 0.6) is 5.75 Å². The van der Waals surface area contributed by atoms with Crippen molar-refractivity contribution in [2.75, 3.05) is 0 Å². The van der Waals surface area contributed by atoms with Gasteiger partial charge >= 0.3 is 5.91 Å². The average molecular weight is 375 g/mol. The maximum atomic E-state index is 12.1. The van der Waals surface area contributed by atoms with Crippen LogP contribution in [0.25, 0.3) is 10.8 Å². The third-order valence-electron chi connectivity index (χ3n) is 4.12. The molecular formula is C21H17N3O4. The number of benzene rings is 2. The maximum absolute atomic E-state index is 12.1. The van der Waals surface area contributed by atoms with Crippen LogP contribution in [0.3, 0.4) is 0 Å². The van der Waals surface area contributed by atoms with Crippen LogP contribution in [0, 0.1) is 0 Å². The van der Waals surface area contributed by atoms with Crippen molar-refractivity contribution in [3.05, 3.63) is 90.1 Å². The summed E-state index contributed by atoms with van der Waals surface area (Å²) in [5.41, 5.74) is 4.94. The van der Waals surface area contributed by atoms with Gasteiger partial charge in [0.25, 0.3) is 5.91 Å². The molecule has 0 aliphatic rings. The first-order valence-corrected chi connectivity index (χ1v) is 8.63. The van der Waals surface area contributed by atoms with Crippen molar-refractivity contribution in [3.8, 4) is 5.75 Å². The van der Waals surface area contributed by atoms with Crippen molar-refractivity contribution in [3.63, 3.8) is 0 Å². The number of rotatable bonds is 5. The Kier molecular flexibility index (Phi) is 4.79. The smallest absolute Gasteiger partial charge is 0.305 e. The second kappa shape index (κ2) is 7.71. The van der Waals surface area contributed by atoms with E-state index in [4.69, 9.17) is 9.15 Å². The summed E-state index contributed by atoms with van der Waals surface area (Å²) < 4.78 is 11.2. The minimum absolute atomic E-state index is 0.0731. The van der Waals surface area contributed by atoms with Gasteiger partial charge in [-0.2, -0.15) is 0 Å². The average Bonchev–Trinajstić information content (AvgIpc) is 3.42. The molecule has 7 nitrogen and oxygen atoms in total. The van der Waals surface area contributed by atoms with Crippen LogP contribution < -0.4 is 15.6 Å². The zero-order valence-corrected chi connectivity index (χ0v) is 14.8. The van der Waals surface area contributed by atoms with Crippen molar-refractivity contribution < 1.29 is 18.7 Å². The standard InChI is InChI=1S/C21H17N3O4/c25-20(18-6-3-11-22-18)23-24-21(26)19-10-9-17(28-19)13-27-16-8-7-14-4-1-2-5-15(14)12-16/h1-12,22H,13H2,(H,23,25)(H,24,26). The maximum Gasteiger partial charge on any atom is 0.305 e. The summed E-state index contributed by atoms with van der Waals surface area (Å²) in [6.07, 6.45) is 1.62. The van der Waals surface area contributed by atoms with Crippen molar-refractivity contribution in [1.29, 1.82) is 0 Å². The van der Waals surface area contributed by atoms with Gasteiger partial charge in [-0.25, -0.2) is 0 Å². The fourth-order valence-electron chi connectivity index (χ4n) is 2.70. The van der Waals surface area contributed by atoms with E-state index in [1.165, 1.54) is 6.07 Å².